The Hall–Kier alpha value is -2.14. The number of hydrogen-bond donors (Lipinski definition) is 1. The smallest absolute Gasteiger partial charge is 0.133 e. The van der Waals surface area contributed by atoms with E-state index in [4.69, 9.17) is 4.74 Å². The summed E-state index contributed by atoms with van der Waals surface area (Å²) in [6.45, 7) is 4.58. The lowest BCUT2D eigenvalue weighted by molar-refractivity contribution is 0.194. The second kappa shape index (κ2) is 6.54. The zero-order chi connectivity index (χ0) is 16.4. The molecular formula is C18H23N3O2. The number of aromatic nitrogens is 2. The Morgan fingerprint density at radius 2 is 2.13 bits per heavy atom. The molecule has 2 aromatic rings. The number of anilines is 1. The first kappa shape index (κ1) is 15.7. The molecule has 1 aromatic carbocycles. The number of ether oxygens (including phenoxy) is 1. The lowest BCUT2D eigenvalue weighted by Gasteiger charge is -2.26. The Morgan fingerprint density at radius 1 is 1.30 bits per heavy atom. The molecule has 1 aliphatic rings. The minimum absolute atomic E-state index is 0.0964. The lowest BCUT2D eigenvalue weighted by atomic mass is 10.0. The van der Waals surface area contributed by atoms with Gasteiger partial charge in [-0.2, -0.15) is 0 Å². The number of rotatable bonds is 4. The topological polar surface area (TPSA) is 58.5 Å². The Morgan fingerprint density at radius 3 is 2.87 bits per heavy atom. The zero-order valence-corrected chi connectivity index (χ0v) is 13.9. The van der Waals surface area contributed by atoms with E-state index in [1.165, 1.54) is 0 Å². The van der Waals surface area contributed by atoms with Crippen molar-refractivity contribution < 1.29 is 9.84 Å². The third-order valence-electron chi connectivity index (χ3n) is 4.29. The van der Waals surface area contributed by atoms with E-state index >= 15 is 0 Å². The van der Waals surface area contributed by atoms with Gasteiger partial charge in [-0.3, -0.25) is 0 Å². The van der Waals surface area contributed by atoms with Crippen molar-refractivity contribution in [1.29, 1.82) is 0 Å². The number of hydrogen-bond acceptors (Lipinski definition) is 5. The molecule has 5 heteroatoms. The molecule has 1 aromatic heterocycles. The van der Waals surface area contributed by atoms with Gasteiger partial charge >= 0.3 is 0 Å². The summed E-state index contributed by atoms with van der Waals surface area (Å²) in [6, 6.07) is 10.2. The third kappa shape index (κ3) is 3.29. The number of aliphatic hydroxyl groups excluding tert-OH is 1. The SMILES string of the molecule is CCc1cc(N2CC(O)CC2c2cccc(OC)c2)nc(C)n1. The molecule has 0 saturated carbocycles. The van der Waals surface area contributed by atoms with Crippen molar-refractivity contribution in [3.05, 3.63) is 47.4 Å². The minimum atomic E-state index is -0.355. The molecule has 1 saturated heterocycles. The van der Waals surface area contributed by atoms with Crippen LogP contribution in [0.25, 0.3) is 0 Å². The first-order valence-corrected chi connectivity index (χ1v) is 8.04. The van der Waals surface area contributed by atoms with Gasteiger partial charge in [0.25, 0.3) is 0 Å². The molecule has 2 atom stereocenters. The summed E-state index contributed by atoms with van der Waals surface area (Å²) >= 11 is 0. The molecule has 5 nitrogen and oxygen atoms in total. The van der Waals surface area contributed by atoms with Gasteiger partial charge in [-0.1, -0.05) is 19.1 Å². The summed E-state index contributed by atoms with van der Waals surface area (Å²) in [4.78, 5) is 11.2. The normalized spacial score (nSPS) is 20.8. The number of benzene rings is 1. The van der Waals surface area contributed by atoms with E-state index in [-0.39, 0.29) is 12.1 Å². The Kier molecular flexibility index (Phi) is 4.48. The fourth-order valence-electron chi connectivity index (χ4n) is 3.17. The molecule has 3 rings (SSSR count). The zero-order valence-electron chi connectivity index (χ0n) is 13.9. The second-order valence-corrected chi connectivity index (χ2v) is 5.95. The number of aryl methyl sites for hydroxylation is 2. The van der Waals surface area contributed by atoms with Crippen LogP contribution < -0.4 is 9.64 Å². The summed E-state index contributed by atoms with van der Waals surface area (Å²) in [5.74, 6) is 2.49. The molecule has 2 unspecified atom stereocenters. The minimum Gasteiger partial charge on any atom is -0.497 e. The van der Waals surface area contributed by atoms with E-state index in [1.807, 2.05) is 31.2 Å². The fourth-order valence-corrected chi connectivity index (χ4v) is 3.17. The van der Waals surface area contributed by atoms with Gasteiger partial charge in [0.1, 0.15) is 17.4 Å². The largest absolute Gasteiger partial charge is 0.497 e. The maximum atomic E-state index is 10.2. The molecule has 1 aliphatic heterocycles. The van der Waals surface area contributed by atoms with Crippen LogP contribution >= 0.6 is 0 Å². The van der Waals surface area contributed by atoms with Crippen LogP contribution in [0.4, 0.5) is 5.82 Å². The second-order valence-electron chi connectivity index (χ2n) is 5.95. The van der Waals surface area contributed by atoms with E-state index in [0.717, 1.165) is 35.1 Å². The average Bonchev–Trinajstić information content (AvgIpc) is 2.96. The fraction of sp³-hybridized carbons (Fsp3) is 0.444. The highest BCUT2D eigenvalue weighted by Gasteiger charge is 2.33. The number of aliphatic hydroxyl groups is 1. The first-order valence-electron chi connectivity index (χ1n) is 8.04. The third-order valence-corrected chi connectivity index (χ3v) is 4.29. The molecule has 1 N–H and O–H groups in total. The predicted octanol–water partition coefficient (Wildman–Crippen LogP) is 2.67. The van der Waals surface area contributed by atoms with Gasteiger partial charge in [0, 0.05) is 18.3 Å². The van der Waals surface area contributed by atoms with Crippen LogP contribution in [0.1, 0.15) is 36.5 Å². The molecule has 122 valence electrons. The highest BCUT2D eigenvalue weighted by atomic mass is 16.5. The first-order chi connectivity index (χ1) is 11.1. The standard InChI is InChI=1S/C18H23N3O2/c1-4-14-9-18(20-12(2)19-14)21-11-15(22)10-17(21)13-6-5-7-16(8-13)23-3/h5-9,15,17,22H,4,10-11H2,1-3H3. The van der Waals surface area contributed by atoms with E-state index < -0.39 is 0 Å². The van der Waals surface area contributed by atoms with Crippen molar-refractivity contribution >= 4 is 5.82 Å². The van der Waals surface area contributed by atoms with Crippen molar-refractivity contribution in [3.63, 3.8) is 0 Å². The monoisotopic (exact) mass is 313 g/mol. The summed E-state index contributed by atoms with van der Waals surface area (Å²) < 4.78 is 5.33. The van der Waals surface area contributed by atoms with Crippen LogP contribution in [0.2, 0.25) is 0 Å². The summed E-state index contributed by atoms with van der Waals surface area (Å²) in [6.07, 6.45) is 1.21. The molecule has 1 fully saturated rings. The molecule has 2 heterocycles. The number of β-amino-alcohol motifs (C(OH)–C–C–N with tert-alkyl or cyclic N) is 1. The van der Waals surface area contributed by atoms with E-state index in [1.54, 1.807) is 7.11 Å². The molecule has 0 amide bonds. The Balaban J connectivity index is 1.98. The van der Waals surface area contributed by atoms with Gasteiger partial charge in [-0.15, -0.1) is 0 Å². The predicted molar refractivity (Wildman–Crippen MR) is 89.9 cm³/mol. The van der Waals surface area contributed by atoms with Gasteiger partial charge in [0.2, 0.25) is 0 Å². The highest BCUT2D eigenvalue weighted by molar-refractivity contribution is 5.46. The Bertz CT molecular complexity index is 690. The van der Waals surface area contributed by atoms with Crippen molar-refractivity contribution in [1.82, 2.24) is 9.97 Å². The van der Waals surface area contributed by atoms with Crippen LogP contribution in [0.15, 0.2) is 30.3 Å². The van der Waals surface area contributed by atoms with Crippen LogP contribution in [-0.4, -0.2) is 34.8 Å². The molecule has 0 bridgehead atoms. The molecule has 23 heavy (non-hydrogen) atoms. The molecule has 0 spiro atoms. The van der Waals surface area contributed by atoms with Gasteiger partial charge in [0.15, 0.2) is 0 Å². The van der Waals surface area contributed by atoms with Crippen LogP contribution in [0, 0.1) is 6.92 Å². The van der Waals surface area contributed by atoms with Crippen LogP contribution in [0.3, 0.4) is 0 Å². The van der Waals surface area contributed by atoms with Gasteiger partial charge in [-0.05, 0) is 37.5 Å². The van der Waals surface area contributed by atoms with Crippen molar-refractivity contribution in [2.24, 2.45) is 0 Å². The lowest BCUT2D eigenvalue weighted by Crippen LogP contribution is -2.25. The van der Waals surface area contributed by atoms with Gasteiger partial charge in [0.05, 0.1) is 19.3 Å². The van der Waals surface area contributed by atoms with E-state index in [2.05, 4.69) is 27.9 Å². The summed E-state index contributed by atoms with van der Waals surface area (Å²) in [7, 11) is 1.67. The van der Waals surface area contributed by atoms with Crippen LogP contribution in [0.5, 0.6) is 5.75 Å². The Labute approximate surface area is 137 Å². The van der Waals surface area contributed by atoms with Crippen molar-refractivity contribution in [2.45, 2.75) is 38.8 Å². The number of nitrogens with zero attached hydrogens (tertiary/aromatic N) is 3. The van der Waals surface area contributed by atoms with E-state index in [9.17, 15) is 5.11 Å². The van der Waals surface area contributed by atoms with Gasteiger partial charge in [-0.25, -0.2) is 9.97 Å². The van der Waals surface area contributed by atoms with Gasteiger partial charge < -0.3 is 14.7 Å². The average molecular weight is 313 g/mol. The molecule has 0 aliphatic carbocycles. The van der Waals surface area contributed by atoms with Crippen molar-refractivity contribution in [2.75, 3.05) is 18.6 Å². The molecular weight excluding hydrogens is 290 g/mol. The molecule has 0 radical (unpaired) electrons. The van der Waals surface area contributed by atoms with E-state index in [0.29, 0.717) is 13.0 Å². The quantitative estimate of drug-likeness (QED) is 0.940. The van der Waals surface area contributed by atoms with Crippen molar-refractivity contribution in [3.8, 4) is 5.75 Å². The maximum Gasteiger partial charge on any atom is 0.133 e. The highest BCUT2D eigenvalue weighted by Crippen LogP contribution is 2.36. The summed E-state index contributed by atoms with van der Waals surface area (Å²) in [5.41, 5.74) is 2.16. The maximum absolute atomic E-state index is 10.2. The number of methoxy groups -OCH3 is 1. The summed E-state index contributed by atoms with van der Waals surface area (Å²) in [5, 5.41) is 10.2. The van der Waals surface area contributed by atoms with Crippen LogP contribution in [-0.2, 0) is 6.42 Å².